The van der Waals surface area contributed by atoms with Crippen molar-refractivity contribution in [3.63, 3.8) is 0 Å². The van der Waals surface area contributed by atoms with Crippen LogP contribution in [0.4, 0.5) is 0 Å². The summed E-state index contributed by atoms with van der Waals surface area (Å²) in [6.07, 6.45) is 0.933. The molecule has 8 heteroatoms. The second kappa shape index (κ2) is 7.43. The molecule has 4 atom stereocenters. The summed E-state index contributed by atoms with van der Waals surface area (Å²) in [6, 6.07) is 13.3. The van der Waals surface area contributed by atoms with Gasteiger partial charge in [0.1, 0.15) is 23.4 Å². The minimum atomic E-state index is -0.176. The van der Waals surface area contributed by atoms with E-state index < -0.39 is 0 Å². The fraction of sp³-hybridized carbons (Fsp3) is 0.393. The minimum absolute atomic E-state index is 0.0588. The Bertz CT molecular complexity index is 1470. The zero-order chi connectivity index (χ0) is 24.0. The molecule has 0 amide bonds. The van der Waals surface area contributed by atoms with Crippen molar-refractivity contribution in [3.05, 3.63) is 75.2 Å². The van der Waals surface area contributed by atoms with E-state index in [9.17, 15) is 9.90 Å². The van der Waals surface area contributed by atoms with Crippen LogP contribution in [0, 0.1) is 5.92 Å². The zero-order valence-electron chi connectivity index (χ0n) is 19.7. The maximum atomic E-state index is 12.4. The van der Waals surface area contributed by atoms with Gasteiger partial charge in [-0.3, -0.25) is 9.69 Å². The van der Waals surface area contributed by atoms with Crippen molar-refractivity contribution >= 4 is 0 Å². The number of pyridine rings is 1. The summed E-state index contributed by atoms with van der Waals surface area (Å²) in [7, 11) is 0. The van der Waals surface area contributed by atoms with Crippen LogP contribution in [0.15, 0.2) is 47.3 Å². The number of fused-ring (bicyclic) bond motifs is 10. The largest absolute Gasteiger partial charge is 0.507 e. The molecule has 2 aromatic carbocycles. The van der Waals surface area contributed by atoms with Crippen LogP contribution >= 0.6 is 0 Å². The fourth-order valence-corrected chi connectivity index (χ4v) is 6.82. The van der Waals surface area contributed by atoms with Crippen molar-refractivity contribution in [1.82, 2.24) is 9.47 Å². The number of nitrogens with zero attached hydrogens (tertiary/aromatic N) is 2. The van der Waals surface area contributed by atoms with E-state index in [4.69, 9.17) is 18.9 Å². The van der Waals surface area contributed by atoms with Crippen LogP contribution in [0.2, 0.25) is 0 Å². The average Bonchev–Trinajstić information content (AvgIpc) is 3.47. The number of phenols is 1. The lowest BCUT2D eigenvalue weighted by molar-refractivity contribution is 0.113. The number of aromatic hydroxyl groups is 1. The van der Waals surface area contributed by atoms with E-state index in [-0.39, 0.29) is 30.1 Å². The highest BCUT2D eigenvalue weighted by molar-refractivity contribution is 5.58. The number of phenolic OH excluding ortho intramolecular Hbond substituents is 1. The summed E-state index contributed by atoms with van der Waals surface area (Å²) >= 11 is 0. The number of rotatable bonds is 2. The van der Waals surface area contributed by atoms with Gasteiger partial charge in [0.25, 0.3) is 5.56 Å². The lowest BCUT2D eigenvalue weighted by Crippen LogP contribution is -2.46. The van der Waals surface area contributed by atoms with Gasteiger partial charge in [0.05, 0.1) is 12.5 Å². The van der Waals surface area contributed by atoms with Gasteiger partial charge in [0.2, 0.25) is 6.79 Å². The van der Waals surface area contributed by atoms with E-state index in [1.165, 1.54) is 0 Å². The Kier molecular flexibility index (Phi) is 4.24. The monoisotopic (exact) mass is 486 g/mol. The molecule has 0 unspecified atom stereocenters. The standard InChI is InChI=1S/C28H26N2O6/c31-22-7-23-19(28-20(13-33-23)18-6-25-26(35-14-34-25)8-24(18)36-28)5-17(22)12-29-9-15-4-16(11-29)21-2-1-3-27(32)30(21)10-15/h1-3,5-8,15-16,20,28,31H,4,9-14H2/t15-,16+,20-,28-/m0/s1. The van der Waals surface area contributed by atoms with E-state index in [1.807, 2.05) is 22.8 Å². The van der Waals surface area contributed by atoms with E-state index in [1.54, 1.807) is 12.1 Å². The molecule has 184 valence electrons. The van der Waals surface area contributed by atoms with Crippen LogP contribution in [0.5, 0.6) is 28.7 Å². The first-order valence-electron chi connectivity index (χ1n) is 12.6. The second-order valence-corrected chi connectivity index (χ2v) is 10.6. The number of aromatic nitrogens is 1. The number of hydrogen-bond donors (Lipinski definition) is 1. The highest BCUT2D eigenvalue weighted by Gasteiger charge is 2.43. The van der Waals surface area contributed by atoms with Crippen molar-refractivity contribution in [2.45, 2.75) is 37.5 Å². The Balaban J connectivity index is 1.08. The molecule has 5 aliphatic heterocycles. The third-order valence-electron chi connectivity index (χ3n) is 8.41. The average molecular weight is 487 g/mol. The fourth-order valence-electron chi connectivity index (χ4n) is 6.82. The third-order valence-corrected chi connectivity index (χ3v) is 8.41. The number of piperidine rings is 1. The first kappa shape index (κ1) is 20.5. The Morgan fingerprint density at radius 1 is 0.917 bits per heavy atom. The summed E-state index contributed by atoms with van der Waals surface area (Å²) in [5.41, 5.74) is 4.13. The summed E-state index contributed by atoms with van der Waals surface area (Å²) in [5, 5.41) is 10.9. The topological polar surface area (TPSA) is 82.4 Å². The molecule has 0 radical (unpaired) electrons. The molecule has 2 bridgehead atoms. The van der Waals surface area contributed by atoms with Crippen LogP contribution in [-0.4, -0.2) is 41.1 Å². The minimum Gasteiger partial charge on any atom is -0.507 e. The molecule has 0 aliphatic carbocycles. The van der Waals surface area contributed by atoms with Gasteiger partial charge in [-0.2, -0.15) is 0 Å². The van der Waals surface area contributed by atoms with E-state index >= 15 is 0 Å². The van der Waals surface area contributed by atoms with Gasteiger partial charge in [0.15, 0.2) is 11.5 Å². The molecule has 1 saturated heterocycles. The van der Waals surface area contributed by atoms with Crippen LogP contribution in [-0.2, 0) is 13.1 Å². The Morgan fingerprint density at radius 2 is 1.81 bits per heavy atom. The first-order chi connectivity index (χ1) is 17.6. The van der Waals surface area contributed by atoms with E-state index in [0.29, 0.717) is 36.5 Å². The van der Waals surface area contributed by atoms with E-state index in [2.05, 4.69) is 17.0 Å². The molecule has 1 N–H and O–H groups in total. The molecule has 1 aromatic heterocycles. The van der Waals surface area contributed by atoms with Gasteiger partial charge in [0, 0.05) is 72.7 Å². The molecule has 8 rings (SSSR count). The quantitative estimate of drug-likeness (QED) is 0.594. The highest BCUT2D eigenvalue weighted by atomic mass is 16.7. The molecule has 0 spiro atoms. The Labute approximate surface area is 207 Å². The highest BCUT2D eigenvalue weighted by Crippen LogP contribution is 2.55. The van der Waals surface area contributed by atoms with Gasteiger partial charge in [-0.05, 0) is 30.5 Å². The van der Waals surface area contributed by atoms with Crippen molar-refractivity contribution < 1.29 is 24.1 Å². The molecular formula is C28H26N2O6. The molecule has 5 aliphatic rings. The number of likely N-dealkylation sites (tertiary alicyclic amines) is 1. The lowest BCUT2D eigenvalue weighted by atomic mass is 9.83. The Morgan fingerprint density at radius 3 is 2.72 bits per heavy atom. The van der Waals surface area contributed by atoms with E-state index in [0.717, 1.165) is 59.9 Å². The molecular weight excluding hydrogens is 460 g/mol. The predicted molar refractivity (Wildman–Crippen MR) is 129 cm³/mol. The third kappa shape index (κ3) is 3.00. The molecule has 1 fully saturated rings. The van der Waals surface area contributed by atoms with Crippen molar-refractivity contribution in [1.29, 1.82) is 0 Å². The SMILES string of the molecule is O=c1cccc2n1C[C@H]1C[C@@H]2CN(Cc2cc3c(cc2O)OC[C@H]2c4cc5c(cc4O[C@@H]32)OCO5)C1. The van der Waals surface area contributed by atoms with Crippen LogP contribution in [0.25, 0.3) is 0 Å². The number of hydrogen-bond acceptors (Lipinski definition) is 7. The summed E-state index contributed by atoms with van der Waals surface area (Å²) in [4.78, 5) is 14.8. The lowest BCUT2D eigenvalue weighted by Gasteiger charge is -2.43. The van der Waals surface area contributed by atoms with Gasteiger partial charge >= 0.3 is 0 Å². The van der Waals surface area contributed by atoms with Crippen molar-refractivity contribution in [2.24, 2.45) is 5.92 Å². The normalized spacial score (nSPS) is 26.8. The molecule has 36 heavy (non-hydrogen) atoms. The molecule has 6 heterocycles. The van der Waals surface area contributed by atoms with Crippen molar-refractivity contribution in [2.75, 3.05) is 26.5 Å². The second-order valence-electron chi connectivity index (χ2n) is 10.6. The molecule has 3 aromatic rings. The van der Waals surface area contributed by atoms with Crippen LogP contribution in [0.1, 0.15) is 46.7 Å². The summed E-state index contributed by atoms with van der Waals surface area (Å²) < 4.78 is 25.6. The summed E-state index contributed by atoms with van der Waals surface area (Å²) in [6.45, 7) is 3.89. The van der Waals surface area contributed by atoms with Crippen LogP contribution in [0.3, 0.4) is 0 Å². The zero-order valence-corrected chi connectivity index (χ0v) is 19.7. The molecule has 8 nitrogen and oxygen atoms in total. The summed E-state index contributed by atoms with van der Waals surface area (Å²) in [5.74, 6) is 4.00. The van der Waals surface area contributed by atoms with Gasteiger partial charge in [-0.1, -0.05) is 6.07 Å². The maximum absolute atomic E-state index is 12.4. The van der Waals surface area contributed by atoms with Crippen LogP contribution < -0.4 is 24.5 Å². The van der Waals surface area contributed by atoms with Crippen molar-refractivity contribution in [3.8, 4) is 28.7 Å². The number of benzene rings is 2. The maximum Gasteiger partial charge on any atom is 0.250 e. The molecule has 0 saturated carbocycles. The van der Waals surface area contributed by atoms with Gasteiger partial charge in [-0.15, -0.1) is 0 Å². The predicted octanol–water partition coefficient (Wildman–Crippen LogP) is 3.51. The first-order valence-corrected chi connectivity index (χ1v) is 12.6. The smallest absolute Gasteiger partial charge is 0.250 e. The van der Waals surface area contributed by atoms with Gasteiger partial charge in [-0.25, -0.2) is 0 Å². The van der Waals surface area contributed by atoms with Gasteiger partial charge < -0.3 is 28.6 Å². The number of ether oxygens (including phenoxy) is 4. The Hall–Kier alpha value is -3.65.